The van der Waals surface area contributed by atoms with Gasteiger partial charge >= 0.3 is 6.09 Å². The number of nitrogens with one attached hydrogen (secondary N) is 2. The molecule has 8 heteroatoms. The lowest BCUT2D eigenvalue weighted by Crippen LogP contribution is -2.42. The molecule has 2 saturated heterocycles. The summed E-state index contributed by atoms with van der Waals surface area (Å²) in [6, 6.07) is 0. The third kappa shape index (κ3) is 5.79. The van der Waals surface area contributed by atoms with E-state index >= 15 is 0 Å². The molecule has 172 valence electrons. The van der Waals surface area contributed by atoms with E-state index in [0.29, 0.717) is 11.9 Å². The van der Waals surface area contributed by atoms with Gasteiger partial charge in [0.2, 0.25) is 5.95 Å². The van der Waals surface area contributed by atoms with Crippen molar-refractivity contribution in [3.8, 4) is 0 Å². The lowest BCUT2D eigenvalue weighted by molar-refractivity contribution is 0.0188. The maximum Gasteiger partial charge on any atom is 0.410 e. The van der Waals surface area contributed by atoms with Gasteiger partial charge in [0, 0.05) is 44.5 Å². The number of anilines is 2. The number of hydrazine groups is 1. The Morgan fingerprint density at radius 1 is 1.16 bits per heavy atom. The Kier molecular flexibility index (Phi) is 6.55. The molecular weight excluding hydrogens is 392 g/mol. The number of likely N-dealkylation sites (tertiary alicyclic amines) is 1. The van der Waals surface area contributed by atoms with Crippen molar-refractivity contribution >= 4 is 17.9 Å². The molecule has 2 aliphatic heterocycles. The molecule has 1 amide bonds. The number of hydrogen-bond donors (Lipinski definition) is 2. The molecule has 2 atom stereocenters. The van der Waals surface area contributed by atoms with Gasteiger partial charge in [0.05, 0.1) is 0 Å². The van der Waals surface area contributed by atoms with Crippen molar-refractivity contribution in [3.63, 3.8) is 0 Å². The highest BCUT2D eigenvalue weighted by Gasteiger charge is 2.36. The SMILES string of the molecule is Cc1cnc(NN2CC3CCCC3C2)nc1NCC1CCN(C(=O)OC(C)(C)C)CC1. The number of carbonyl (C=O) groups excluding carboxylic acids is 1. The number of rotatable bonds is 5. The van der Waals surface area contributed by atoms with E-state index in [1.54, 1.807) is 0 Å². The lowest BCUT2D eigenvalue weighted by atomic mass is 9.97. The van der Waals surface area contributed by atoms with Gasteiger partial charge in [-0.1, -0.05) is 6.42 Å². The summed E-state index contributed by atoms with van der Waals surface area (Å²) in [5, 5.41) is 5.81. The molecule has 31 heavy (non-hydrogen) atoms. The number of amides is 1. The highest BCUT2D eigenvalue weighted by Crippen LogP contribution is 2.37. The zero-order valence-electron chi connectivity index (χ0n) is 19.5. The smallest absolute Gasteiger partial charge is 0.410 e. The van der Waals surface area contributed by atoms with E-state index in [1.165, 1.54) is 19.3 Å². The van der Waals surface area contributed by atoms with Crippen LogP contribution in [0.3, 0.4) is 0 Å². The molecule has 1 aromatic rings. The maximum atomic E-state index is 12.2. The van der Waals surface area contributed by atoms with E-state index in [-0.39, 0.29) is 6.09 Å². The number of hydrogen-bond acceptors (Lipinski definition) is 7. The third-order valence-corrected chi connectivity index (χ3v) is 6.78. The van der Waals surface area contributed by atoms with E-state index < -0.39 is 5.60 Å². The van der Waals surface area contributed by atoms with Crippen LogP contribution in [0.25, 0.3) is 0 Å². The average Bonchev–Trinajstić information content (AvgIpc) is 3.29. The van der Waals surface area contributed by atoms with Gasteiger partial charge in [-0.05, 0) is 71.1 Å². The van der Waals surface area contributed by atoms with Gasteiger partial charge in [0.15, 0.2) is 0 Å². The Morgan fingerprint density at radius 2 is 1.84 bits per heavy atom. The largest absolute Gasteiger partial charge is 0.444 e. The second kappa shape index (κ2) is 9.18. The first kappa shape index (κ1) is 22.1. The summed E-state index contributed by atoms with van der Waals surface area (Å²) in [5.41, 5.74) is 4.03. The van der Waals surface area contributed by atoms with Crippen LogP contribution in [0.4, 0.5) is 16.6 Å². The molecule has 3 fully saturated rings. The fourth-order valence-electron chi connectivity index (χ4n) is 5.03. The Bertz CT molecular complexity index is 760. The first-order chi connectivity index (χ1) is 14.8. The van der Waals surface area contributed by atoms with Gasteiger partial charge in [-0.3, -0.25) is 5.43 Å². The number of piperidine rings is 1. The van der Waals surface area contributed by atoms with E-state index in [0.717, 1.165) is 68.8 Å². The molecule has 3 aliphatic rings. The number of aromatic nitrogens is 2. The Hall–Kier alpha value is -2.09. The van der Waals surface area contributed by atoms with Crippen LogP contribution in [0.2, 0.25) is 0 Å². The van der Waals surface area contributed by atoms with E-state index in [4.69, 9.17) is 9.72 Å². The minimum absolute atomic E-state index is 0.202. The van der Waals surface area contributed by atoms with Crippen LogP contribution >= 0.6 is 0 Å². The molecule has 4 rings (SSSR count). The molecule has 2 N–H and O–H groups in total. The highest BCUT2D eigenvalue weighted by atomic mass is 16.6. The summed E-state index contributed by atoms with van der Waals surface area (Å²) in [6.07, 6.45) is 7.73. The summed E-state index contributed by atoms with van der Waals surface area (Å²) in [7, 11) is 0. The summed E-state index contributed by atoms with van der Waals surface area (Å²) < 4.78 is 5.49. The topological polar surface area (TPSA) is 82.6 Å². The summed E-state index contributed by atoms with van der Waals surface area (Å²) >= 11 is 0. The van der Waals surface area contributed by atoms with Crippen molar-refractivity contribution in [3.05, 3.63) is 11.8 Å². The average molecular weight is 431 g/mol. The van der Waals surface area contributed by atoms with Gasteiger partial charge < -0.3 is 15.0 Å². The maximum absolute atomic E-state index is 12.2. The Morgan fingerprint density at radius 3 is 2.48 bits per heavy atom. The Labute approximate surface area is 186 Å². The normalized spacial score (nSPS) is 24.8. The summed E-state index contributed by atoms with van der Waals surface area (Å²) in [5.74, 6) is 3.76. The monoisotopic (exact) mass is 430 g/mol. The summed E-state index contributed by atoms with van der Waals surface area (Å²) in [6.45, 7) is 12.3. The van der Waals surface area contributed by atoms with Crippen molar-refractivity contribution < 1.29 is 9.53 Å². The minimum atomic E-state index is -0.445. The Balaban J connectivity index is 1.24. The fourth-order valence-corrected chi connectivity index (χ4v) is 5.03. The van der Waals surface area contributed by atoms with Crippen molar-refractivity contribution in [2.24, 2.45) is 17.8 Å². The molecule has 0 aromatic carbocycles. The first-order valence-corrected chi connectivity index (χ1v) is 11.8. The number of ether oxygens (including phenoxy) is 1. The predicted molar refractivity (Wildman–Crippen MR) is 122 cm³/mol. The second-order valence-corrected chi connectivity index (χ2v) is 10.5. The van der Waals surface area contributed by atoms with Crippen molar-refractivity contribution in [1.29, 1.82) is 0 Å². The lowest BCUT2D eigenvalue weighted by Gasteiger charge is -2.33. The van der Waals surface area contributed by atoms with Crippen LogP contribution in [0, 0.1) is 24.7 Å². The second-order valence-electron chi connectivity index (χ2n) is 10.5. The zero-order valence-corrected chi connectivity index (χ0v) is 19.5. The molecule has 3 heterocycles. The number of aryl methyl sites for hydroxylation is 1. The van der Waals surface area contributed by atoms with Crippen molar-refractivity contribution in [2.45, 2.75) is 65.4 Å². The van der Waals surface area contributed by atoms with Gasteiger partial charge in [0.1, 0.15) is 11.4 Å². The minimum Gasteiger partial charge on any atom is -0.444 e. The molecule has 2 unspecified atom stereocenters. The van der Waals surface area contributed by atoms with Crippen molar-refractivity contribution in [1.82, 2.24) is 19.9 Å². The molecule has 1 aromatic heterocycles. The van der Waals surface area contributed by atoms with Crippen LogP contribution < -0.4 is 10.7 Å². The molecule has 0 bridgehead atoms. The van der Waals surface area contributed by atoms with E-state index in [9.17, 15) is 4.79 Å². The molecular formula is C23H38N6O2. The number of nitrogens with zero attached hydrogens (tertiary/aromatic N) is 4. The van der Waals surface area contributed by atoms with Crippen LogP contribution in [0.15, 0.2) is 6.20 Å². The molecule has 1 saturated carbocycles. The van der Waals surface area contributed by atoms with Crippen LogP contribution in [0.5, 0.6) is 0 Å². The van der Waals surface area contributed by atoms with Gasteiger partial charge in [-0.25, -0.2) is 14.8 Å². The van der Waals surface area contributed by atoms with Gasteiger partial charge in [-0.15, -0.1) is 0 Å². The summed E-state index contributed by atoms with van der Waals surface area (Å²) in [4.78, 5) is 23.3. The van der Waals surface area contributed by atoms with Crippen LogP contribution in [-0.4, -0.2) is 64.3 Å². The van der Waals surface area contributed by atoms with Crippen molar-refractivity contribution in [2.75, 3.05) is 43.5 Å². The molecule has 0 spiro atoms. The zero-order chi connectivity index (χ0) is 22.0. The first-order valence-electron chi connectivity index (χ1n) is 11.8. The van der Waals surface area contributed by atoms with Crippen LogP contribution in [0.1, 0.15) is 58.4 Å². The molecule has 8 nitrogen and oxygen atoms in total. The quantitative estimate of drug-likeness (QED) is 0.733. The fraction of sp³-hybridized carbons (Fsp3) is 0.783. The van der Waals surface area contributed by atoms with Gasteiger partial charge in [0.25, 0.3) is 0 Å². The van der Waals surface area contributed by atoms with E-state index in [2.05, 4.69) is 20.7 Å². The number of fused-ring (bicyclic) bond motifs is 1. The third-order valence-electron chi connectivity index (χ3n) is 6.78. The molecule has 1 aliphatic carbocycles. The standard InChI is InChI=1S/C23H38N6O2/c1-16-12-25-21(27-29-14-18-6-5-7-19(18)15-29)26-20(16)24-13-17-8-10-28(11-9-17)22(30)31-23(2,3)4/h12,17-19H,5-11,13-15H2,1-4H3,(H2,24,25,26,27). The van der Waals surface area contributed by atoms with E-state index in [1.807, 2.05) is 38.8 Å². The highest BCUT2D eigenvalue weighted by molar-refractivity contribution is 5.68. The number of carbonyl (C=O) groups is 1. The van der Waals surface area contributed by atoms with Gasteiger partial charge in [-0.2, -0.15) is 4.98 Å². The predicted octanol–water partition coefficient (Wildman–Crippen LogP) is 3.90. The molecule has 0 radical (unpaired) electrons. The van der Waals surface area contributed by atoms with Crippen LogP contribution in [-0.2, 0) is 4.74 Å².